The second-order valence-electron chi connectivity index (χ2n) is 4.94. The van der Waals surface area contributed by atoms with E-state index in [4.69, 9.17) is 5.73 Å². The number of carbonyl (C=O) groups excluding carboxylic acids is 1. The van der Waals surface area contributed by atoms with E-state index in [1.165, 1.54) is 0 Å². The Balaban J connectivity index is 0.000000423. The number of pyridine rings is 1. The fourth-order valence-corrected chi connectivity index (χ4v) is 1.85. The molecule has 1 atom stereocenters. The van der Waals surface area contributed by atoms with Crippen molar-refractivity contribution < 1.29 is 4.79 Å². The zero-order valence-electron chi connectivity index (χ0n) is 12.4. The maximum Gasteiger partial charge on any atom is 0.176 e. The SMILES string of the molecule is C.CC(C)C(Br)C(=O)c1ccccc1.NCc1ccncc1. The van der Waals surface area contributed by atoms with Crippen LogP contribution >= 0.6 is 15.9 Å². The molecule has 0 saturated carbocycles. The fourth-order valence-electron chi connectivity index (χ4n) is 1.58. The fraction of sp³-hybridized carbons (Fsp3) is 0.333. The van der Waals surface area contributed by atoms with E-state index in [1.54, 1.807) is 12.4 Å². The standard InChI is InChI=1S/C11H13BrO.C6H8N2.CH4/c1-8(2)10(12)11(13)9-6-4-3-5-7-9;7-5-6-1-3-8-4-2-6;/h3-8,10H,1-2H3;1-4H,5,7H2;1H4. The molecular weight excluding hydrogens is 340 g/mol. The summed E-state index contributed by atoms with van der Waals surface area (Å²) in [5.41, 5.74) is 7.22. The normalized spacial score (nSPS) is 11.0. The quantitative estimate of drug-likeness (QED) is 0.643. The monoisotopic (exact) mass is 364 g/mol. The highest BCUT2D eigenvalue weighted by Gasteiger charge is 2.19. The van der Waals surface area contributed by atoms with Crippen LogP contribution in [0.25, 0.3) is 0 Å². The molecule has 1 aromatic heterocycles. The summed E-state index contributed by atoms with van der Waals surface area (Å²) in [6.07, 6.45) is 3.48. The Hall–Kier alpha value is -1.52. The lowest BCUT2D eigenvalue weighted by Gasteiger charge is -2.11. The van der Waals surface area contributed by atoms with Gasteiger partial charge in [-0.2, -0.15) is 0 Å². The first-order valence-corrected chi connectivity index (χ1v) is 7.80. The van der Waals surface area contributed by atoms with Crippen LogP contribution in [0.4, 0.5) is 0 Å². The van der Waals surface area contributed by atoms with Gasteiger partial charge in [0.2, 0.25) is 0 Å². The molecule has 0 fully saturated rings. The molecule has 0 aliphatic rings. The van der Waals surface area contributed by atoms with Crippen molar-refractivity contribution in [3.8, 4) is 0 Å². The maximum atomic E-state index is 11.7. The van der Waals surface area contributed by atoms with Gasteiger partial charge in [0.1, 0.15) is 0 Å². The number of alkyl halides is 1. The van der Waals surface area contributed by atoms with Gasteiger partial charge in [0.15, 0.2) is 5.78 Å². The third kappa shape index (κ3) is 6.96. The Morgan fingerprint density at radius 1 is 1.14 bits per heavy atom. The van der Waals surface area contributed by atoms with E-state index in [9.17, 15) is 4.79 Å². The number of carbonyl (C=O) groups is 1. The number of nitrogens with two attached hydrogens (primary N) is 1. The molecule has 4 heteroatoms. The van der Waals surface area contributed by atoms with Crippen molar-refractivity contribution in [1.82, 2.24) is 4.98 Å². The van der Waals surface area contributed by atoms with E-state index in [-0.39, 0.29) is 18.0 Å². The minimum atomic E-state index is -0.0742. The van der Waals surface area contributed by atoms with Crippen LogP contribution in [0.1, 0.15) is 37.2 Å². The molecule has 2 rings (SSSR count). The average Bonchev–Trinajstić information content (AvgIpc) is 2.55. The van der Waals surface area contributed by atoms with Gasteiger partial charge in [-0.15, -0.1) is 0 Å². The van der Waals surface area contributed by atoms with Crippen LogP contribution in [-0.2, 0) is 6.54 Å². The summed E-state index contributed by atoms with van der Waals surface area (Å²) in [6, 6.07) is 13.2. The number of aromatic nitrogens is 1. The zero-order chi connectivity index (χ0) is 15.7. The summed E-state index contributed by atoms with van der Waals surface area (Å²) in [5, 5.41) is 0. The Morgan fingerprint density at radius 3 is 2.09 bits per heavy atom. The number of Topliss-reactive ketones (excluding diaryl/α,β-unsaturated/α-hetero) is 1. The van der Waals surface area contributed by atoms with E-state index in [1.807, 2.05) is 56.3 Å². The number of benzene rings is 1. The molecule has 0 spiro atoms. The number of hydrogen-bond acceptors (Lipinski definition) is 3. The van der Waals surface area contributed by atoms with Gasteiger partial charge in [0.25, 0.3) is 0 Å². The largest absolute Gasteiger partial charge is 0.326 e. The molecular formula is C18H25BrN2O. The van der Waals surface area contributed by atoms with Crippen molar-refractivity contribution in [3.05, 3.63) is 66.0 Å². The van der Waals surface area contributed by atoms with Crippen molar-refractivity contribution in [2.75, 3.05) is 0 Å². The van der Waals surface area contributed by atoms with E-state index in [2.05, 4.69) is 20.9 Å². The average molecular weight is 365 g/mol. The van der Waals surface area contributed by atoms with Crippen molar-refractivity contribution in [1.29, 1.82) is 0 Å². The molecule has 0 bridgehead atoms. The summed E-state index contributed by atoms with van der Waals surface area (Å²) in [7, 11) is 0. The zero-order valence-corrected chi connectivity index (χ0v) is 14.0. The molecule has 22 heavy (non-hydrogen) atoms. The van der Waals surface area contributed by atoms with Crippen molar-refractivity contribution in [2.45, 2.75) is 32.6 Å². The van der Waals surface area contributed by atoms with Gasteiger partial charge in [0.05, 0.1) is 4.83 Å². The molecule has 1 unspecified atom stereocenters. The van der Waals surface area contributed by atoms with Crippen LogP contribution in [0, 0.1) is 5.92 Å². The molecule has 0 aliphatic heterocycles. The van der Waals surface area contributed by atoms with Crippen LogP contribution in [0.2, 0.25) is 0 Å². The van der Waals surface area contributed by atoms with Gasteiger partial charge in [-0.25, -0.2) is 0 Å². The highest BCUT2D eigenvalue weighted by molar-refractivity contribution is 9.10. The molecule has 3 nitrogen and oxygen atoms in total. The number of hydrogen-bond donors (Lipinski definition) is 1. The van der Waals surface area contributed by atoms with Crippen molar-refractivity contribution >= 4 is 21.7 Å². The maximum absolute atomic E-state index is 11.7. The molecule has 2 N–H and O–H groups in total. The second kappa shape index (κ2) is 11.1. The van der Waals surface area contributed by atoms with Crippen LogP contribution < -0.4 is 5.73 Å². The topological polar surface area (TPSA) is 56.0 Å². The molecule has 0 amide bonds. The number of ketones is 1. The predicted molar refractivity (Wildman–Crippen MR) is 97.2 cm³/mol. The molecule has 0 aliphatic carbocycles. The lowest BCUT2D eigenvalue weighted by molar-refractivity contribution is 0.0978. The highest BCUT2D eigenvalue weighted by atomic mass is 79.9. The Bertz CT molecular complexity index is 529. The van der Waals surface area contributed by atoms with Gasteiger partial charge in [-0.1, -0.05) is 67.5 Å². The first kappa shape index (κ1) is 20.5. The van der Waals surface area contributed by atoms with Crippen LogP contribution in [0.15, 0.2) is 54.9 Å². The molecule has 2 aromatic rings. The molecule has 1 heterocycles. The number of halogens is 1. The number of rotatable bonds is 4. The van der Waals surface area contributed by atoms with E-state index < -0.39 is 0 Å². The highest BCUT2D eigenvalue weighted by Crippen LogP contribution is 2.17. The van der Waals surface area contributed by atoms with Gasteiger partial charge >= 0.3 is 0 Å². The summed E-state index contributed by atoms with van der Waals surface area (Å²) in [4.78, 5) is 15.5. The van der Waals surface area contributed by atoms with Gasteiger partial charge < -0.3 is 5.73 Å². The van der Waals surface area contributed by atoms with Crippen molar-refractivity contribution in [3.63, 3.8) is 0 Å². The second-order valence-corrected chi connectivity index (χ2v) is 5.92. The lowest BCUT2D eigenvalue weighted by Crippen LogP contribution is -2.19. The lowest BCUT2D eigenvalue weighted by atomic mass is 10.0. The van der Waals surface area contributed by atoms with E-state index in [0.717, 1.165) is 11.1 Å². The first-order valence-electron chi connectivity index (χ1n) is 6.88. The minimum absolute atomic E-state index is 0. The molecule has 120 valence electrons. The Morgan fingerprint density at radius 2 is 1.68 bits per heavy atom. The predicted octanol–water partition coefficient (Wildman–Crippen LogP) is 4.47. The minimum Gasteiger partial charge on any atom is -0.326 e. The Kier molecular flexibility index (Phi) is 10.3. The summed E-state index contributed by atoms with van der Waals surface area (Å²) < 4.78 is 0. The smallest absolute Gasteiger partial charge is 0.176 e. The third-order valence-corrected chi connectivity index (χ3v) is 4.35. The van der Waals surface area contributed by atoms with E-state index in [0.29, 0.717) is 12.5 Å². The first-order chi connectivity index (χ1) is 10.1. The molecule has 0 saturated heterocycles. The summed E-state index contributed by atoms with van der Waals surface area (Å²) in [5.74, 6) is 0.489. The Labute approximate surface area is 142 Å². The van der Waals surface area contributed by atoms with Gasteiger partial charge in [-0.05, 0) is 23.6 Å². The molecule has 1 aromatic carbocycles. The molecule has 0 radical (unpaired) electrons. The van der Waals surface area contributed by atoms with Crippen LogP contribution in [0.5, 0.6) is 0 Å². The summed E-state index contributed by atoms with van der Waals surface area (Å²) in [6.45, 7) is 4.66. The number of nitrogens with zero attached hydrogens (tertiary/aromatic N) is 1. The van der Waals surface area contributed by atoms with E-state index >= 15 is 0 Å². The van der Waals surface area contributed by atoms with Crippen LogP contribution in [0.3, 0.4) is 0 Å². The van der Waals surface area contributed by atoms with Crippen molar-refractivity contribution in [2.24, 2.45) is 11.7 Å². The van der Waals surface area contributed by atoms with Gasteiger partial charge in [0, 0.05) is 24.5 Å². The van der Waals surface area contributed by atoms with Gasteiger partial charge in [-0.3, -0.25) is 9.78 Å². The summed E-state index contributed by atoms with van der Waals surface area (Å²) >= 11 is 3.39. The van der Waals surface area contributed by atoms with Crippen LogP contribution in [-0.4, -0.2) is 15.6 Å². The third-order valence-electron chi connectivity index (χ3n) is 2.88.